The van der Waals surface area contributed by atoms with E-state index in [0.717, 1.165) is 17.3 Å². The van der Waals surface area contributed by atoms with Crippen LogP contribution in [0, 0.1) is 5.92 Å². The molecule has 0 saturated carbocycles. The SMILES string of the molecule is CC(C)CCSCc1ccc(C(=O)O)o1. The topological polar surface area (TPSA) is 50.4 Å². The molecular weight excluding hydrogens is 212 g/mol. The van der Waals surface area contributed by atoms with Crippen molar-refractivity contribution >= 4 is 17.7 Å². The monoisotopic (exact) mass is 228 g/mol. The van der Waals surface area contributed by atoms with E-state index in [2.05, 4.69) is 13.8 Å². The van der Waals surface area contributed by atoms with Crippen LogP contribution < -0.4 is 0 Å². The highest BCUT2D eigenvalue weighted by molar-refractivity contribution is 7.98. The van der Waals surface area contributed by atoms with Crippen LogP contribution in [0.1, 0.15) is 36.6 Å². The van der Waals surface area contributed by atoms with Gasteiger partial charge in [-0.05, 0) is 30.2 Å². The van der Waals surface area contributed by atoms with Crippen LogP contribution in [0.2, 0.25) is 0 Å². The zero-order chi connectivity index (χ0) is 11.3. The van der Waals surface area contributed by atoms with E-state index in [4.69, 9.17) is 9.52 Å². The molecule has 1 N–H and O–H groups in total. The van der Waals surface area contributed by atoms with Crippen LogP contribution >= 0.6 is 11.8 Å². The van der Waals surface area contributed by atoms with E-state index in [1.54, 1.807) is 17.8 Å². The number of hydrogen-bond acceptors (Lipinski definition) is 3. The first-order valence-corrected chi connectivity index (χ1v) is 6.15. The summed E-state index contributed by atoms with van der Waals surface area (Å²) in [7, 11) is 0. The molecule has 1 heterocycles. The first-order chi connectivity index (χ1) is 7.09. The van der Waals surface area contributed by atoms with E-state index in [1.165, 1.54) is 12.5 Å². The van der Waals surface area contributed by atoms with Gasteiger partial charge in [-0.25, -0.2) is 4.79 Å². The molecule has 0 aliphatic carbocycles. The molecule has 1 aromatic rings. The smallest absolute Gasteiger partial charge is 0.371 e. The average Bonchev–Trinajstić information content (AvgIpc) is 2.60. The molecule has 0 fully saturated rings. The van der Waals surface area contributed by atoms with E-state index in [1.807, 2.05) is 0 Å². The van der Waals surface area contributed by atoms with Gasteiger partial charge in [0.15, 0.2) is 0 Å². The van der Waals surface area contributed by atoms with Crippen LogP contribution in [0.25, 0.3) is 0 Å². The maximum absolute atomic E-state index is 10.5. The summed E-state index contributed by atoms with van der Waals surface area (Å²) in [6.45, 7) is 4.38. The zero-order valence-electron chi connectivity index (χ0n) is 9.03. The Balaban J connectivity index is 2.29. The highest BCUT2D eigenvalue weighted by Gasteiger charge is 2.08. The Kier molecular flexibility index (Phi) is 4.75. The van der Waals surface area contributed by atoms with Crippen molar-refractivity contribution in [2.24, 2.45) is 5.92 Å². The lowest BCUT2D eigenvalue weighted by atomic mass is 10.2. The number of furan rings is 1. The van der Waals surface area contributed by atoms with E-state index in [9.17, 15) is 4.79 Å². The Hall–Kier alpha value is -0.900. The second-order valence-corrected chi connectivity index (χ2v) is 4.91. The van der Waals surface area contributed by atoms with Crippen molar-refractivity contribution in [1.82, 2.24) is 0 Å². The fraction of sp³-hybridized carbons (Fsp3) is 0.545. The second kappa shape index (κ2) is 5.85. The molecule has 0 bridgehead atoms. The van der Waals surface area contributed by atoms with Crippen molar-refractivity contribution in [2.45, 2.75) is 26.0 Å². The first-order valence-electron chi connectivity index (χ1n) is 4.99. The molecule has 1 aromatic heterocycles. The lowest BCUT2D eigenvalue weighted by molar-refractivity contribution is 0.0661. The van der Waals surface area contributed by atoms with Crippen molar-refractivity contribution in [3.05, 3.63) is 23.7 Å². The van der Waals surface area contributed by atoms with Crippen molar-refractivity contribution in [2.75, 3.05) is 5.75 Å². The van der Waals surface area contributed by atoms with Gasteiger partial charge in [0, 0.05) is 0 Å². The van der Waals surface area contributed by atoms with Gasteiger partial charge in [0.1, 0.15) is 5.76 Å². The Bertz CT molecular complexity index is 317. The van der Waals surface area contributed by atoms with E-state index in [-0.39, 0.29) is 5.76 Å². The molecule has 4 heteroatoms. The van der Waals surface area contributed by atoms with Crippen molar-refractivity contribution in [3.8, 4) is 0 Å². The Morgan fingerprint density at radius 2 is 2.27 bits per heavy atom. The Labute approximate surface area is 93.9 Å². The molecule has 1 rings (SSSR count). The summed E-state index contributed by atoms with van der Waals surface area (Å²) in [6.07, 6.45) is 1.18. The van der Waals surface area contributed by atoms with Crippen LogP contribution in [0.5, 0.6) is 0 Å². The van der Waals surface area contributed by atoms with Gasteiger partial charge in [0.2, 0.25) is 5.76 Å². The predicted octanol–water partition coefficient (Wildman–Crippen LogP) is 3.26. The number of hydrogen-bond donors (Lipinski definition) is 1. The summed E-state index contributed by atoms with van der Waals surface area (Å²) < 4.78 is 5.13. The van der Waals surface area contributed by atoms with Gasteiger partial charge in [-0.3, -0.25) is 0 Å². The van der Waals surface area contributed by atoms with Crippen molar-refractivity contribution in [1.29, 1.82) is 0 Å². The van der Waals surface area contributed by atoms with Gasteiger partial charge < -0.3 is 9.52 Å². The molecule has 0 aromatic carbocycles. The fourth-order valence-corrected chi connectivity index (χ4v) is 2.20. The molecule has 3 nitrogen and oxygen atoms in total. The van der Waals surface area contributed by atoms with Gasteiger partial charge >= 0.3 is 5.97 Å². The van der Waals surface area contributed by atoms with Crippen LogP contribution in [0.4, 0.5) is 0 Å². The third kappa shape index (κ3) is 4.42. The molecule has 84 valence electrons. The maximum atomic E-state index is 10.5. The summed E-state index contributed by atoms with van der Waals surface area (Å²) in [6, 6.07) is 3.23. The molecule has 0 atom stereocenters. The second-order valence-electron chi connectivity index (χ2n) is 3.81. The lowest BCUT2D eigenvalue weighted by Crippen LogP contribution is -1.92. The van der Waals surface area contributed by atoms with Crippen LogP contribution in [-0.4, -0.2) is 16.8 Å². The minimum Gasteiger partial charge on any atom is -0.475 e. The highest BCUT2D eigenvalue weighted by atomic mass is 32.2. The molecule has 0 radical (unpaired) electrons. The van der Waals surface area contributed by atoms with Crippen LogP contribution in [0.15, 0.2) is 16.5 Å². The number of thioether (sulfide) groups is 1. The van der Waals surface area contributed by atoms with Crippen LogP contribution in [0.3, 0.4) is 0 Å². The average molecular weight is 228 g/mol. The molecule has 0 saturated heterocycles. The standard InChI is InChI=1S/C11H16O3S/c1-8(2)5-6-15-7-9-3-4-10(14-9)11(12)13/h3-4,8H,5-7H2,1-2H3,(H,12,13). The van der Waals surface area contributed by atoms with Gasteiger partial charge in [-0.15, -0.1) is 0 Å². The third-order valence-electron chi connectivity index (χ3n) is 1.96. The van der Waals surface area contributed by atoms with Crippen molar-refractivity contribution < 1.29 is 14.3 Å². The number of carbonyl (C=O) groups is 1. The molecular formula is C11H16O3S. The maximum Gasteiger partial charge on any atom is 0.371 e. The molecule has 15 heavy (non-hydrogen) atoms. The lowest BCUT2D eigenvalue weighted by Gasteiger charge is -2.02. The van der Waals surface area contributed by atoms with E-state index in [0.29, 0.717) is 5.92 Å². The quantitative estimate of drug-likeness (QED) is 0.759. The fourth-order valence-electron chi connectivity index (χ4n) is 1.06. The molecule has 0 aliphatic heterocycles. The normalized spacial score (nSPS) is 10.9. The highest BCUT2D eigenvalue weighted by Crippen LogP contribution is 2.17. The Morgan fingerprint density at radius 3 is 2.80 bits per heavy atom. The summed E-state index contributed by atoms with van der Waals surface area (Å²) in [5.41, 5.74) is 0. The number of rotatable bonds is 6. The Morgan fingerprint density at radius 1 is 1.53 bits per heavy atom. The van der Waals surface area contributed by atoms with Gasteiger partial charge in [0.25, 0.3) is 0 Å². The number of aromatic carboxylic acids is 1. The van der Waals surface area contributed by atoms with E-state index < -0.39 is 5.97 Å². The molecule has 0 aliphatic rings. The predicted molar refractivity (Wildman–Crippen MR) is 61.3 cm³/mol. The number of carboxylic acids is 1. The van der Waals surface area contributed by atoms with Gasteiger partial charge in [0.05, 0.1) is 5.75 Å². The minimum atomic E-state index is -1.01. The number of carboxylic acid groups (broad SMARTS) is 1. The van der Waals surface area contributed by atoms with Gasteiger partial charge in [-0.2, -0.15) is 11.8 Å². The van der Waals surface area contributed by atoms with Crippen LogP contribution in [-0.2, 0) is 5.75 Å². The van der Waals surface area contributed by atoms with Crippen molar-refractivity contribution in [3.63, 3.8) is 0 Å². The summed E-state index contributed by atoms with van der Waals surface area (Å²) in [5.74, 6) is 2.30. The largest absolute Gasteiger partial charge is 0.475 e. The zero-order valence-corrected chi connectivity index (χ0v) is 9.84. The van der Waals surface area contributed by atoms with E-state index >= 15 is 0 Å². The third-order valence-corrected chi connectivity index (χ3v) is 2.97. The summed E-state index contributed by atoms with van der Waals surface area (Å²) in [5, 5.41) is 8.64. The summed E-state index contributed by atoms with van der Waals surface area (Å²) >= 11 is 1.77. The summed E-state index contributed by atoms with van der Waals surface area (Å²) in [4.78, 5) is 10.5. The molecule has 0 amide bonds. The first kappa shape index (κ1) is 12.2. The molecule has 0 spiro atoms. The molecule has 0 unspecified atom stereocenters. The van der Waals surface area contributed by atoms with Gasteiger partial charge in [-0.1, -0.05) is 13.8 Å². The minimum absolute atomic E-state index is 0.0226.